The van der Waals surface area contributed by atoms with Crippen LogP contribution in [0.2, 0.25) is 5.15 Å². The fourth-order valence-electron chi connectivity index (χ4n) is 2.32. The molecule has 0 saturated heterocycles. The van der Waals surface area contributed by atoms with E-state index in [2.05, 4.69) is 6.07 Å². The molecule has 0 fully saturated rings. The third-order valence-corrected chi connectivity index (χ3v) is 3.65. The van der Waals surface area contributed by atoms with Crippen LogP contribution in [0.5, 0.6) is 0 Å². The Hall–Kier alpha value is -2.31. The van der Waals surface area contributed by atoms with Crippen LogP contribution in [0.3, 0.4) is 0 Å². The molecule has 1 aromatic heterocycles. The van der Waals surface area contributed by atoms with Crippen LogP contribution in [-0.4, -0.2) is 4.57 Å². The van der Waals surface area contributed by atoms with Crippen molar-refractivity contribution < 1.29 is 4.39 Å². The molecule has 0 aliphatic heterocycles. The molecule has 0 unspecified atom stereocenters. The number of nitrogens with zero attached hydrogens (tertiary/aromatic N) is 2. The fourth-order valence-corrected chi connectivity index (χ4v) is 2.62. The van der Waals surface area contributed by atoms with Gasteiger partial charge in [-0.15, -0.1) is 0 Å². The van der Waals surface area contributed by atoms with E-state index in [0.717, 1.165) is 11.1 Å². The van der Waals surface area contributed by atoms with Crippen LogP contribution in [0.25, 0.3) is 10.9 Å². The van der Waals surface area contributed by atoms with Gasteiger partial charge in [0, 0.05) is 11.9 Å². The zero-order valence-electron chi connectivity index (χ0n) is 10.5. The van der Waals surface area contributed by atoms with E-state index >= 15 is 0 Å². The van der Waals surface area contributed by atoms with E-state index in [1.807, 2.05) is 34.9 Å². The Bertz CT molecular complexity index is 816. The second-order valence-corrected chi connectivity index (χ2v) is 4.87. The minimum Gasteiger partial charge on any atom is -0.326 e. The van der Waals surface area contributed by atoms with Gasteiger partial charge < -0.3 is 4.57 Å². The van der Waals surface area contributed by atoms with Crippen LogP contribution in [0, 0.1) is 17.1 Å². The van der Waals surface area contributed by atoms with Crippen molar-refractivity contribution in [3.63, 3.8) is 0 Å². The van der Waals surface area contributed by atoms with E-state index in [-0.39, 0.29) is 5.82 Å². The van der Waals surface area contributed by atoms with Gasteiger partial charge in [0.15, 0.2) is 0 Å². The Labute approximate surface area is 120 Å². The average Bonchev–Trinajstić information content (AvgIpc) is 2.71. The lowest BCUT2D eigenvalue weighted by Crippen LogP contribution is -1.99. The number of nitriles is 1. The molecule has 20 heavy (non-hydrogen) atoms. The molecule has 0 radical (unpaired) electrons. The predicted molar refractivity (Wildman–Crippen MR) is 77.2 cm³/mol. The van der Waals surface area contributed by atoms with Crippen LogP contribution in [-0.2, 0) is 6.54 Å². The molecule has 3 aromatic rings. The third-order valence-electron chi connectivity index (χ3n) is 3.26. The van der Waals surface area contributed by atoms with E-state index < -0.39 is 0 Å². The van der Waals surface area contributed by atoms with Crippen molar-refractivity contribution in [2.24, 2.45) is 0 Å². The molecular formula is C16H10ClFN2. The molecule has 0 N–H and O–H groups in total. The highest BCUT2D eigenvalue weighted by Gasteiger charge is 2.16. The maximum absolute atomic E-state index is 13.4. The highest BCUT2D eigenvalue weighted by Crippen LogP contribution is 2.30. The van der Waals surface area contributed by atoms with E-state index in [9.17, 15) is 9.65 Å². The fraction of sp³-hybridized carbons (Fsp3) is 0.0625. The summed E-state index contributed by atoms with van der Waals surface area (Å²) >= 11 is 6.27. The average molecular weight is 285 g/mol. The van der Waals surface area contributed by atoms with Gasteiger partial charge in [0.1, 0.15) is 17.0 Å². The summed E-state index contributed by atoms with van der Waals surface area (Å²) in [5, 5.41) is 10.1. The zero-order valence-corrected chi connectivity index (χ0v) is 11.2. The molecule has 0 spiro atoms. The summed E-state index contributed by atoms with van der Waals surface area (Å²) in [5.41, 5.74) is 2.15. The number of fused-ring (bicyclic) bond motifs is 1. The summed E-state index contributed by atoms with van der Waals surface area (Å²) in [6, 6.07) is 16.2. The first-order chi connectivity index (χ1) is 9.70. The first-order valence-corrected chi connectivity index (χ1v) is 6.50. The maximum atomic E-state index is 13.4. The van der Waals surface area contributed by atoms with Crippen LogP contribution >= 0.6 is 11.6 Å². The summed E-state index contributed by atoms with van der Waals surface area (Å²) in [7, 11) is 0. The van der Waals surface area contributed by atoms with Crippen LogP contribution in [0.4, 0.5) is 4.39 Å². The van der Waals surface area contributed by atoms with Crippen LogP contribution < -0.4 is 0 Å². The maximum Gasteiger partial charge on any atom is 0.128 e. The quantitative estimate of drug-likeness (QED) is 0.687. The Morgan fingerprint density at radius 3 is 2.60 bits per heavy atom. The first kappa shape index (κ1) is 12.7. The Kier molecular flexibility index (Phi) is 3.17. The summed E-state index contributed by atoms with van der Waals surface area (Å²) in [6.45, 7) is 0.545. The Balaban J connectivity index is 2.21. The molecule has 1 heterocycles. The van der Waals surface area contributed by atoms with Crippen LogP contribution in [0.1, 0.15) is 11.1 Å². The molecule has 0 amide bonds. The van der Waals surface area contributed by atoms with Crippen molar-refractivity contribution in [2.75, 3.05) is 0 Å². The lowest BCUT2D eigenvalue weighted by Gasteiger charge is -2.07. The number of aromatic nitrogens is 1. The minimum absolute atomic E-state index is 0.317. The summed E-state index contributed by atoms with van der Waals surface area (Å²) in [4.78, 5) is 0. The number of rotatable bonds is 2. The van der Waals surface area contributed by atoms with Crippen LogP contribution in [0.15, 0.2) is 48.5 Å². The van der Waals surface area contributed by atoms with Crippen molar-refractivity contribution >= 4 is 22.5 Å². The topological polar surface area (TPSA) is 28.7 Å². The second kappa shape index (κ2) is 4.99. The lowest BCUT2D eigenvalue weighted by molar-refractivity contribution is 0.629. The van der Waals surface area contributed by atoms with Gasteiger partial charge >= 0.3 is 0 Å². The highest BCUT2D eigenvalue weighted by molar-refractivity contribution is 6.32. The standard InChI is InChI=1S/C16H10ClFN2/c17-16-14(9-19)13-8-12(18)6-7-15(13)20(16)10-11-4-2-1-3-5-11/h1-8H,10H2. The number of hydrogen-bond acceptors (Lipinski definition) is 1. The van der Waals surface area contributed by atoms with Gasteiger partial charge in [0.25, 0.3) is 0 Å². The smallest absolute Gasteiger partial charge is 0.128 e. The molecule has 98 valence electrons. The number of hydrogen-bond donors (Lipinski definition) is 0. The molecule has 0 saturated carbocycles. The first-order valence-electron chi connectivity index (χ1n) is 6.12. The van der Waals surface area contributed by atoms with E-state index in [4.69, 9.17) is 11.6 Å². The van der Waals surface area contributed by atoms with E-state index in [0.29, 0.717) is 22.6 Å². The lowest BCUT2D eigenvalue weighted by atomic mass is 10.2. The van der Waals surface area contributed by atoms with E-state index in [1.54, 1.807) is 6.07 Å². The van der Waals surface area contributed by atoms with Gasteiger partial charge in [-0.2, -0.15) is 5.26 Å². The van der Waals surface area contributed by atoms with Gasteiger partial charge in [0.05, 0.1) is 11.1 Å². The minimum atomic E-state index is -0.373. The zero-order chi connectivity index (χ0) is 14.1. The van der Waals surface area contributed by atoms with Gasteiger partial charge in [-0.05, 0) is 23.8 Å². The number of halogens is 2. The predicted octanol–water partition coefficient (Wildman–Crippen LogP) is 4.35. The van der Waals surface area contributed by atoms with Gasteiger partial charge in [-0.1, -0.05) is 41.9 Å². The normalized spacial score (nSPS) is 10.7. The molecule has 0 bridgehead atoms. The van der Waals surface area contributed by atoms with Gasteiger partial charge in [-0.3, -0.25) is 0 Å². The summed E-state index contributed by atoms with van der Waals surface area (Å²) < 4.78 is 15.2. The van der Waals surface area contributed by atoms with Gasteiger partial charge in [0.2, 0.25) is 0 Å². The summed E-state index contributed by atoms with van der Waals surface area (Å²) in [5.74, 6) is -0.373. The molecule has 4 heteroatoms. The molecule has 0 aliphatic rings. The van der Waals surface area contributed by atoms with Crippen molar-refractivity contribution in [3.05, 3.63) is 70.6 Å². The van der Waals surface area contributed by atoms with Crippen molar-refractivity contribution in [3.8, 4) is 6.07 Å². The molecule has 2 aromatic carbocycles. The van der Waals surface area contributed by atoms with Gasteiger partial charge in [-0.25, -0.2) is 4.39 Å². The molecule has 2 nitrogen and oxygen atoms in total. The largest absolute Gasteiger partial charge is 0.326 e. The molecule has 0 aliphatic carbocycles. The highest BCUT2D eigenvalue weighted by atomic mass is 35.5. The molecule has 0 atom stereocenters. The second-order valence-electron chi connectivity index (χ2n) is 4.51. The molecular weight excluding hydrogens is 275 g/mol. The Morgan fingerprint density at radius 2 is 1.90 bits per heavy atom. The van der Waals surface area contributed by atoms with E-state index in [1.165, 1.54) is 12.1 Å². The Morgan fingerprint density at radius 1 is 1.15 bits per heavy atom. The monoisotopic (exact) mass is 284 g/mol. The molecule has 3 rings (SSSR count). The van der Waals surface area contributed by atoms with Crippen molar-refractivity contribution in [1.82, 2.24) is 4.57 Å². The number of benzene rings is 2. The van der Waals surface area contributed by atoms with Crippen molar-refractivity contribution in [1.29, 1.82) is 5.26 Å². The third kappa shape index (κ3) is 2.04. The SMILES string of the molecule is N#Cc1c(Cl)n(Cc2ccccc2)c2ccc(F)cc12. The van der Waals surface area contributed by atoms with Crippen molar-refractivity contribution in [2.45, 2.75) is 6.54 Å². The summed E-state index contributed by atoms with van der Waals surface area (Å²) in [6.07, 6.45) is 0.